The van der Waals surface area contributed by atoms with Crippen LogP contribution in [0.3, 0.4) is 0 Å². The van der Waals surface area contributed by atoms with E-state index in [-0.39, 0.29) is 5.91 Å². The maximum Gasteiger partial charge on any atom is 0.251 e. The van der Waals surface area contributed by atoms with Crippen molar-refractivity contribution in [3.05, 3.63) is 59.2 Å². The van der Waals surface area contributed by atoms with Crippen LogP contribution < -0.4 is 5.32 Å². The fourth-order valence-electron chi connectivity index (χ4n) is 3.46. The van der Waals surface area contributed by atoms with Crippen molar-refractivity contribution in [2.24, 2.45) is 10.2 Å². The summed E-state index contributed by atoms with van der Waals surface area (Å²) in [5, 5.41) is 10.8. The molecule has 2 aliphatic rings. The van der Waals surface area contributed by atoms with Crippen LogP contribution in [0.2, 0.25) is 0 Å². The first-order valence-corrected chi connectivity index (χ1v) is 10.9. The van der Waals surface area contributed by atoms with Gasteiger partial charge in [-0.1, -0.05) is 18.6 Å². The lowest BCUT2D eigenvalue weighted by molar-refractivity contribution is 0.0951. The third-order valence-corrected chi connectivity index (χ3v) is 7.00. The Kier molecular flexibility index (Phi) is 5.23. The normalized spacial score (nSPS) is 16.7. The number of rotatable bonds is 5. The molecule has 0 bridgehead atoms. The molecule has 4 rings (SSSR count). The lowest BCUT2D eigenvalue weighted by atomic mass is 10.1. The zero-order valence-electron chi connectivity index (χ0n) is 15.5. The molecule has 1 N–H and O–H groups in total. The smallest absolute Gasteiger partial charge is 0.251 e. The van der Waals surface area contributed by atoms with Crippen molar-refractivity contribution < 1.29 is 13.2 Å². The number of nitrogens with one attached hydrogen (secondary N) is 1. The molecule has 0 aliphatic carbocycles. The third kappa shape index (κ3) is 3.83. The van der Waals surface area contributed by atoms with E-state index in [2.05, 4.69) is 15.5 Å². The lowest BCUT2D eigenvalue weighted by Crippen LogP contribution is -2.35. The molecule has 146 valence electrons. The van der Waals surface area contributed by atoms with Gasteiger partial charge in [0.25, 0.3) is 5.91 Å². The second-order valence-electron chi connectivity index (χ2n) is 7.03. The zero-order valence-corrected chi connectivity index (χ0v) is 16.3. The van der Waals surface area contributed by atoms with Crippen molar-refractivity contribution in [3.8, 4) is 0 Å². The topological polar surface area (TPSA) is 91.2 Å². The molecule has 2 aromatic rings. The Morgan fingerprint density at radius 1 is 1.04 bits per heavy atom. The minimum atomic E-state index is -3.43. The van der Waals surface area contributed by atoms with Gasteiger partial charge >= 0.3 is 0 Å². The molecule has 2 aromatic carbocycles. The number of sulfonamides is 1. The van der Waals surface area contributed by atoms with E-state index in [1.165, 1.54) is 0 Å². The van der Waals surface area contributed by atoms with Gasteiger partial charge < -0.3 is 5.32 Å². The number of carbonyl (C=O) groups is 1. The van der Waals surface area contributed by atoms with Crippen molar-refractivity contribution in [3.63, 3.8) is 0 Å². The number of benzene rings is 2. The number of fused-ring (bicyclic) bond motifs is 1. The maximum atomic E-state index is 12.7. The summed E-state index contributed by atoms with van der Waals surface area (Å²) < 4.78 is 26.9. The molecule has 7 nitrogen and oxygen atoms in total. The van der Waals surface area contributed by atoms with Crippen LogP contribution in [0.15, 0.2) is 57.6 Å². The van der Waals surface area contributed by atoms with Crippen LogP contribution in [0.5, 0.6) is 0 Å². The molecule has 0 saturated carbocycles. The number of azo groups is 1. The van der Waals surface area contributed by atoms with Gasteiger partial charge in [-0.05, 0) is 48.7 Å². The first kappa shape index (κ1) is 18.8. The Morgan fingerprint density at radius 3 is 2.54 bits per heavy atom. The van der Waals surface area contributed by atoms with Crippen LogP contribution in [-0.4, -0.2) is 31.7 Å². The summed E-state index contributed by atoms with van der Waals surface area (Å²) in [6.45, 7) is 2.00. The van der Waals surface area contributed by atoms with E-state index in [1.807, 2.05) is 0 Å². The van der Waals surface area contributed by atoms with E-state index in [1.54, 1.807) is 46.8 Å². The standard InChI is InChI=1S/C20H22N4O3S/c25-20(16-6-9-19-17(12-16)14-22-23-19)21-13-15-4-7-18(8-5-15)28(26,27)24-10-2-1-3-11-24/h4-9,12H,1-3,10-11,13-14H2,(H,21,25). The molecule has 1 amide bonds. The minimum absolute atomic E-state index is 0.181. The molecule has 0 radical (unpaired) electrons. The summed E-state index contributed by atoms with van der Waals surface area (Å²) in [5.41, 5.74) is 3.16. The number of amides is 1. The fourth-order valence-corrected chi connectivity index (χ4v) is 4.97. The SMILES string of the molecule is O=C(NCc1ccc(S(=O)(=O)N2CCCCC2)cc1)c1ccc2c(c1)CN=N2. The van der Waals surface area contributed by atoms with Crippen LogP contribution in [0.4, 0.5) is 5.69 Å². The third-order valence-electron chi connectivity index (χ3n) is 5.09. The van der Waals surface area contributed by atoms with E-state index in [9.17, 15) is 13.2 Å². The molecule has 0 atom stereocenters. The number of carbonyl (C=O) groups excluding carboxylic acids is 1. The molecule has 28 heavy (non-hydrogen) atoms. The molecule has 1 saturated heterocycles. The van der Waals surface area contributed by atoms with Crippen LogP contribution in [0.1, 0.15) is 40.7 Å². The van der Waals surface area contributed by atoms with E-state index in [0.717, 1.165) is 36.1 Å². The summed E-state index contributed by atoms with van der Waals surface area (Å²) >= 11 is 0. The van der Waals surface area contributed by atoms with Gasteiger partial charge in [-0.15, -0.1) is 0 Å². The largest absolute Gasteiger partial charge is 0.348 e. The van der Waals surface area contributed by atoms with E-state index < -0.39 is 10.0 Å². The number of nitrogens with zero attached hydrogens (tertiary/aromatic N) is 3. The predicted molar refractivity (Wildman–Crippen MR) is 105 cm³/mol. The van der Waals surface area contributed by atoms with Crippen LogP contribution in [-0.2, 0) is 23.1 Å². The Labute approximate surface area is 164 Å². The summed E-state index contributed by atoms with van der Waals surface area (Å²) in [6.07, 6.45) is 2.90. The molecule has 2 heterocycles. The van der Waals surface area contributed by atoms with Crippen LogP contribution in [0, 0.1) is 0 Å². The first-order chi connectivity index (χ1) is 13.5. The van der Waals surface area contributed by atoms with E-state index >= 15 is 0 Å². The van der Waals surface area contributed by atoms with E-state index in [0.29, 0.717) is 36.6 Å². The van der Waals surface area contributed by atoms with Gasteiger partial charge in [-0.25, -0.2) is 8.42 Å². The zero-order chi connectivity index (χ0) is 19.6. The lowest BCUT2D eigenvalue weighted by Gasteiger charge is -2.25. The summed E-state index contributed by atoms with van der Waals surface area (Å²) in [5.74, 6) is -0.181. The van der Waals surface area contributed by atoms with E-state index in [4.69, 9.17) is 0 Å². The minimum Gasteiger partial charge on any atom is -0.348 e. The van der Waals surface area contributed by atoms with Gasteiger partial charge in [0.15, 0.2) is 0 Å². The fraction of sp³-hybridized carbons (Fsp3) is 0.350. The van der Waals surface area contributed by atoms with Gasteiger partial charge in [-0.3, -0.25) is 4.79 Å². The average Bonchev–Trinajstić information content (AvgIpc) is 3.21. The van der Waals surface area contributed by atoms with Crippen molar-refractivity contribution >= 4 is 21.6 Å². The number of hydrogen-bond acceptors (Lipinski definition) is 5. The van der Waals surface area contributed by atoms with Gasteiger partial charge in [0.05, 0.1) is 17.1 Å². The Balaban J connectivity index is 1.39. The quantitative estimate of drug-likeness (QED) is 0.837. The summed E-state index contributed by atoms with van der Waals surface area (Å²) in [4.78, 5) is 12.7. The molecule has 0 unspecified atom stereocenters. The van der Waals surface area contributed by atoms with Crippen LogP contribution >= 0.6 is 0 Å². The maximum absolute atomic E-state index is 12.7. The molecule has 1 fully saturated rings. The van der Waals surface area contributed by atoms with Gasteiger partial charge in [0, 0.05) is 30.8 Å². The second kappa shape index (κ2) is 7.81. The van der Waals surface area contributed by atoms with Crippen molar-refractivity contribution in [2.75, 3.05) is 13.1 Å². The van der Waals surface area contributed by atoms with Crippen molar-refractivity contribution in [1.29, 1.82) is 0 Å². The highest BCUT2D eigenvalue weighted by atomic mass is 32.2. The Morgan fingerprint density at radius 2 is 1.79 bits per heavy atom. The predicted octanol–water partition coefficient (Wildman–Crippen LogP) is 3.39. The monoisotopic (exact) mass is 398 g/mol. The molecule has 0 aromatic heterocycles. The summed E-state index contributed by atoms with van der Waals surface area (Å²) in [6, 6.07) is 12.1. The molecular formula is C20H22N4O3S. The molecular weight excluding hydrogens is 376 g/mol. The van der Waals surface area contributed by atoms with Crippen molar-refractivity contribution in [2.45, 2.75) is 37.2 Å². The van der Waals surface area contributed by atoms with Gasteiger partial charge in [-0.2, -0.15) is 14.5 Å². The molecule has 8 heteroatoms. The highest BCUT2D eigenvalue weighted by Gasteiger charge is 2.25. The van der Waals surface area contributed by atoms with Gasteiger partial charge in [0.1, 0.15) is 0 Å². The number of piperidine rings is 1. The van der Waals surface area contributed by atoms with Crippen molar-refractivity contribution in [1.82, 2.24) is 9.62 Å². The Bertz CT molecular complexity index is 1010. The van der Waals surface area contributed by atoms with Gasteiger partial charge in [0.2, 0.25) is 10.0 Å². The Hall–Kier alpha value is -2.58. The highest BCUT2D eigenvalue weighted by Crippen LogP contribution is 2.27. The second-order valence-corrected chi connectivity index (χ2v) is 8.97. The van der Waals surface area contributed by atoms with Crippen LogP contribution in [0.25, 0.3) is 0 Å². The highest BCUT2D eigenvalue weighted by molar-refractivity contribution is 7.89. The number of hydrogen-bond donors (Lipinski definition) is 1. The molecule has 0 spiro atoms. The molecule has 2 aliphatic heterocycles. The summed E-state index contributed by atoms with van der Waals surface area (Å²) in [7, 11) is -3.43. The average molecular weight is 398 g/mol. The first-order valence-electron chi connectivity index (χ1n) is 9.42.